The summed E-state index contributed by atoms with van der Waals surface area (Å²) in [5.74, 6) is 0. The van der Waals surface area contributed by atoms with Gasteiger partial charge in [0.15, 0.2) is 5.11 Å². The molecule has 0 spiro atoms. The van der Waals surface area contributed by atoms with Crippen LogP contribution >= 0.6 is 35.4 Å². The van der Waals surface area contributed by atoms with Crippen molar-refractivity contribution >= 4 is 46.7 Å². The Bertz CT molecular complexity index is 418. The van der Waals surface area contributed by atoms with Crippen LogP contribution in [-0.4, -0.2) is 11.3 Å². The molecule has 0 aromatic heterocycles. The van der Waals surface area contributed by atoms with Crippen LogP contribution in [0.25, 0.3) is 0 Å². The van der Waals surface area contributed by atoms with E-state index in [2.05, 4.69) is 22.7 Å². The van der Waals surface area contributed by atoms with E-state index in [9.17, 15) is 0 Å². The lowest BCUT2D eigenvalue weighted by atomic mass is 10.1. The summed E-state index contributed by atoms with van der Waals surface area (Å²) in [6.45, 7) is 1.87. The zero-order valence-electron chi connectivity index (χ0n) is 7.92. The van der Waals surface area contributed by atoms with Crippen molar-refractivity contribution in [3.63, 3.8) is 0 Å². The third-order valence-corrected chi connectivity index (χ3v) is 2.45. The molecule has 0 saturated carbocycles. The number of aryl methyl sites for hydroxylation is 1. The number of hydrogen-bond acceptors (Lipinski definition) is 2. The van der Waals surface area contributed by atoms with Crippen LogP contribution in [0.4, 0.5) is 0 Å². The summed E-state index contributed by atoms with van der Waals surface area (Å²) in [5, 5.41) is 5.11. The van der Waals surface area contributed by atoms with Gasteiger partial charge in [0.1, 0.15) is 0 Å². The highest BCUT2D eigenvalue weighted by atomic mass is 35.5. The maximum Gasteiger partial charge on any atom is 0.184 e. The molecule has 0 unspecified atom stereocenters. The molecule has 0 saturated heterocycles. The Kier molecular flexibility index (Phi) is 4.32. The average Bonchev–Trinajstić information content (AvgIpc) is 2.12. The Morgan fingerprint density at radius 2 is 2.20 bits per heavy atom. The van der Waals surface area contributed by atoms with E-state index in [1.54, 1.807) is 12.1 Å². The predicted molar refractivity (Wildman–Crippen MR) is 68.7 cm³/mol. The van der Waals surface area contributed by atoms with Gasteiger partial charge in [-0.25, -0.2) is 0 Å². The SMILES string of the molecule is Cc1cc(Cl)cc(C=NNC(N)=S)c1Cl. The van der Waals surface area contributed by atoms with Gasteiger partial charge in [-0.3, -0.25) is 5.43 Å². The minimum atomic E-state index is 0.0983. The highest BCUT2D eigenvalue weighted by molar-refractivity contribution is 7.80. The number of nitrogens with one attached hydrogen (secondary N) is 1. The summed E-state index contributed by atoms with van der Waals surface area (Å²) in [5.41, 5.74) is 9.24. The van der Waals surface area contributed by atoms with Gasteiger partial charge < -0.3 is 5.73 Å². The normalized spacial score (nSPS) is 10.6. The lowest BCUT2D eigenvalue weighted by Crippen LogP contribution is -2.24. The van der Waals surface area contributed by atoms with Crippen molar-refractivity contribution in [2.45, 2.75) is 6.92 Å². The quantitative estimate of drug-likeness (QED) is 0.489. The van der Waals surface area contributed by atoms with Crippen molar-refractivity contribution in [3.8, 4) is 0 Å². The molecule has 1 aromatic rings. The van der Waals surface area contributed by atoms with Crippen LogP contribution in [-0.2, 0) is 0 Å². The first-order valence-electron chi connectivity index (χ1n) is 4.05. The fourth-order valence-corrected chi connectivity index (χ4v) is 1.50. The molecule has 1 aromatic carbocycles. The van der Waals surface area contributed by atoms with E-state index in [1.807, 2.05) is 6.92 Å². The van der Waals surface area contributed by atoms with Gasteiger partial charge in [0.25, 0.3) is 0 Å². The Morgan fingerprint density at radius 1 is 1.53 bits per heavy atom. The summed E-state index contributed by atoms with van der Waals surface area (Å²) in [7, 11) is 0. The largest absolute Gasteiger partial charge is 0.375 e. The highest BCUT2D eigenvalue weighted by Crippen LogP contribution is 2.23. The van der Waals surface area contributed by atoms with Gasteiger partial charge in [-0.2, -0.15) is 5.10 Å². The fraction of sp³-hybridized carbons (Fsp3) is 0.111. The van der Waals surface area contributed by atoms with Gasteiger partial charge in [-0.15, -0.1) is 0 Å². The molecule has 0 aliphatic carbocycles. The Morgan fingerprint density at radius 3 is 2.80 bits per heavy atom. The Labute approximate surface area is 103 Å². The van der Waals surface area contributed by atoms with E-state index in [0.29, 0.717) is 15.6 Å². The van der Waals surface area contributed by atoms with E-state index < -0.39 is 0 Å². The fourth-order valence-electron chi connectivity index (χ4n) is 1.01. The number of rotatable bonds is 2. The molecular weight excluding hydrogens is 253 g/mol. The van der Waals surface area contributed by atoms with Crippen molar-refractivity contribution in [2.75, 3.05) is 0 Å². The van der Waals surface area contributed by atoms with Crippen LogP contribution in [0.5, 0.6) is 0 Å². The second-order valence-corrected chi connectivity index (χ2v) is 4.11. The molecule has 0 atom stereocenters. The van der Waals surface area contributed by atoms with Crippen molar-refractivity contribution in [1.29, 1.82) is 0 Å². The maximum absolute atomic E-state index is 6.04. The van der Waals surface area contributed by atoms with Crippen molar-refractivity contribution in [3.05, 3.63) is 33.3 Å². The first kappa shape index (κ1) is 12.2. The molecule has 3 N–H and O–H groups in total. The van der Waals surface area contributed by atoms with E-state index >= 15 is 0 Å². The van der Waals surface area contributed by atoms with Crippen LogP contribution in [0.2, 0.25) is 10.0 Å². The number of nitrogens with two attached hydrogens (primary N) is 1. The number of benzene rings is 1. The Hall–Kier alpha value is -0.840. The summed E-state index contributed by atoms with van der Waals surface area (Å²) in [6, 6.07) is 3.49. The van der Waals surface area contributed by atoms with Gasteiger partial charge >= 0.3 is 0 Å². The number of hydrazone groups is 1. The lowest BCUT2D eigenvalue weighted by molar-refractivity contribution is 1.04. The molecule has 1 rings (SSSR count). The van der Waals surface area contributed by atoms with E-state index in [0.717, 1.165) is 5.56 Å². The van der Waals surface area contributed by atoms with E-state index in [4.69, 9.17) is 28.9 Å². The standard InChI is InChI=1S/C9H9Cl2N3S/c1-5-2-7(10)3-6(8(5)11)4-13-14-9(12)15/h2-4H,1H3,(H3,12,14,15). The Balaban J connectivity index is 2.94. The first-order chi connectivity index (χ1) is 7.00. The number of hydrogen-bond donors (Lipinski definition) is 2. The van der Waals surface area contributed by atoms with Gasteiger partial charge in [0.05, 0.1) is 11.2 Å². The third-order valence-electron chi connectivity index (χ3n) is 1.63. The predicted octanol–water partition coefficient (Wildman–Crippen LogP) is 2.47. The lowest BCUT2D eigenvalue weighted by Gasteiger charge is -2.03. The first-order valence-corrected chi connectivity index (χ1v) is 5.21. The van der Waals surface area contributed by atoms with Crippen molar-refractivity contribution in [2.24, 2.45) is 10.8 Å². The number of thiocarbonyl (C=S) groups is 1. The van der Waals surface area contributed by atoms with Gasteiger partial charge in [-0.1, -0.05) is 23.2 Å². The summed E-state index contributed by atoms with van der Waals surface area (Å²) in [6.07, 6.45) is 1.51. The van der Waals surface area contributed by atoms with Crippen LogP contribution < -0.4 is 11.2 Å². The van der Waals surface area contributed by atoms with Crippen molar-refractivity contribution in [1.82, 2.24) is 5.43 Å². The summed E-state index contributed by atoms with van der Waals surface area (Å²) in [4.78, 5) is 0. The molecular formula is C9H9Cl2N3S. The third kappa shape index (κ3) is 3.66. The molecule has 6 heteroatoms. The summed E-state index contributed by atoms with van der Waals surface area (Å²) < 4.78 is 0. The van der Waals surface area contributed by atoms with Crippen LogP contribution in [0.15, 0.2) is 17.2 Å². The molecule has 0 aliphatic rings. The zero-order valence-corrected chi connectivity index (χ0v) is 10.2. The smallest absolute Gasteiger partial charge is 0.184 e. The second kappa shape index (κ2) is 5.30. The molecule has 0 bridgehead atoms. The van der Waals surface area contributed by atoms with Crippen LogP contribution in [0, 0.1) is 6.92 Å². The number of halogens is 2. The van der Waals surface area contributed by atoms with Gasteiger partial charge in [-0.05, 0) is 36.8 Å². The minimum Gasteiger partial charge on any atom is -0.375 e. The molecule has 0 radical (unpaired) electrons. The van der Waals surface area contributed by atoms with E-state index in [1.165, 1.54) is 6.21 Å². The van der Waals surface area contributed by atoms with Gasteiger partial charge in [0.2, 0.25) is 0 Å². The molecule has 15 heavy (non-hydrogen) atoms. The van der Waals surface area contributed by atoms with Crippen LogP contribution in [0.1, 0.15) is 11.1 Å². The molecule has 0 aliphatic heterocycles. The molecule has 3 nitrogen and oxygen atoms in total. The minimum absolute atomic E-state index is 0.0983. The van der Waals surface area contributed by atoms with Gasteiger partial charge in [0, 0.05) is 10.6 Å². The molecule has 80 valence electrons. The molecule has 0 heterocycles. The monoisotopic (exact) mass is 261 g/mol. The topological polar surface area (TPSA) is 50.4 Å². The maximum atomic E-state index is 6.04. The van der Waals surface area contributed by atoms with E-state index in [-0.39, 0.29) is 5.11 Å². The summed E-state index contributed by atoms with van der Waals surface area (Å²) >= 11 is 16.5. The highest BCUT2D eigenvalue weighted by Gasteiger charge is 2.03. The second-order valence-electron chi connectivity index (χ2n) is 2.86. The van der Waals surface area contributed by atoms with Crippen molar-refractivity contribution < 1.29 is 0 Å². The average molecular weight is 262 g/mol. The van der Waals surface area contributed by atoms with Crippen LogP contribution in [0.3, 0.4) is 0 Å². The zero-order chi connectivity index (χ0) is 11.4. The molecule has 0 fully saturated rings. The number of nitrogens with zero attached hydrogens (tertiary/aromatic N) is 1. The molecule has 0 amide bonds.